The van der Waals surface area contributed by atoms with Gasteiger partial charge in [-0.15, -0.1) is 0 Å². The zero-order valence-corrected chi connectivity index (χ0v) is 18.6. The van der Waals surface area contributed by atoms with Gasteiger partial charge in [0.1, 0.15) is 18.3 Å². The lowest BCUT2D eigenvalue weighted by atomic mass is 10.1. The Balaban J connectivity index is 2.87. The van der Waals surface area contributed by atoms with Gasteiger partial charge in [-0.2, -0.15) is 0 Å². The average Bonchev–Trinajstić information content (AvgIpc) is 2.49. The molecule has 4 unspecified atom stereocenters. The highest BCUT2D eigenvalue weighted by molar-refractivity contribution is 6.70. The van der Waals surface area contributed by atoms with E-state index in [1.807, 2.05) is 0 Å². The van der Waals surface area contributed by atoms with Crippen LogP contribution in [0.25, 0.3) is 0 Å². The standard InChI is InChI=1S/C14H34O5Si3/c1-20(2,3)16-10-11-12(18-21(4,5)6)13(14(15)17-11)19-22(7,8)9/h11-15H,10H2,1-9H3. The highest BCUT2D eigenvalue weighted by Crippen LogP contribution is 2.30. The molecule has 0 aliphatic carbocycles. The summed E-state index contributed by atoms with van der Waals surface area (Å²) in [5.74, 6) is 0. The van der Waals surface area contributed by atoms with E-state index in [1.54, 1.807) is 0 Å². The van der Waals surface area contributed by atoms with Crippen molar-refractivity contribution in [1.82, 2.24) is 0 Å². The maximum Gasteiger partial charge on any atom is 0.184 e. The second-order valence-electron chi connectivity index (χ2n) is 8.88. The van der Waals surface area contributed by atoms with Gasteiger partial charge in [0.05, 0.1) is 6.61 Å². The first-order valence-electron chi connectivity index (χ1n) is 8.01. The van der Waals surface area contributed by atoms with E-state index < -0.39 is 37.3 Å². The summed E-state index contributed by atoms with van der Waals surface area (Å²) in [6.45, 7) is 19.6. The van der Waals surface area contributed by atoms with Crippen LogP contribution in [0.4, 0.5) is 0 Å². The third kappa shape index (κ3) is 7.35. The summed E-state index contributed by atoms with van der Waals surface area (Å²) in [6, 6.07) is 0. The van der Waals surface area contributed by atoms with E-state index in [2.05, 4.69) is 58.9 Å². The number of rotatable bonds is 7. The molecule has 5 nitrogen and oxygen atoms in total. The fourth-order valence-corrected chi connectivity index (χ4v) is 5.09. The van der Waals surface area contributed by atoms with Gasteiger partial charge in [0.2, 0.25) is 0 Å². The lowest BCUT2D eigenvalue weighted by Gasteiger charge is -2.33. The maximum atomic E-state index is 10.3. The quantitative estimate of drug-likeness (QED) is 0.702. The van der Waals surface area contributed by atoms with Crippen molar-refractivity contribution in [2.45, 2.75) is 83.5 Å². The molecular weight excluding hydrogens is 332 g/mol. The lowest BCUT2D eigenvalue weighted by molar-refractivity contribution is -0.128. The van der Waals surface area contributed by atoms with E-state index in [9.17, 15) is 5.11 Å². The molecule has 1 saturated heterocycles. The first-order chi connectivity index (χ1) is 9.68. The molecule has 0 aromatic rings. The van der Waals surface area contributed by atoms with Crippen molar-refractivity contribution in [3.05, 3.63) is 0 Å². The van der Waals surface area contributed by atoms with E-state index in [4.69, 9.17) is 18.0 Å². The Bertz CT molecular complexity index is 359. The molecule has 4 atom stereocenters. The first-order valence-corrected chi connectivity index (χ1v) is 18.2. The van der Waals surface area contributed by atoms with Gasteiger partial charge < -0.3 is 23.1 Å². The van der Waals surface area contributed by atoms with Gasteiger partial charge >= 0.3 is 0 Å². The normalized spacial score (nSPS) is 30.8. The van der Waals surface area contributed by atoms with Crippen LogP contribution in [-0.2, 0) is 18.0 Å². The van der Waals surface area contributed by atoms with E-state index >= 15 is 0 Å². The van der Waals surface area contributed by atoms with Crippen molar-refractivity contribution in [2.24, 2.45) is 0 Å². The van der Waals surface area contributed by atoms with Crippen molar-refractivity contribution in [1.29, 1.82) is 0 Å². The van der Waals surface area contributed by atoms with Gasteiger partial charge in [-0.1, -0.05) is 0 Å². The van der Waals surface area contributed by atoms with Crippen LogP contribution < -0.4 is 0 Å². The molecule has 132 valence electrons. The summed E-state index contributed by atoms with van der Waals surface area (Å²) in [5, 5.41) is 10.3. The van der Waals surface area contributed by atoms with Gasteiger partial charge in [-0.05, 0) is 58.9 Å². The van der Waals surface area contributed by atoms with Crippen molar-refractivity contribution in [2.75, 3.05) is 6.61 Å². The van der Waals surface area contributed by atoms with Crippen LogP contribution in [0.3, 0.4) is 0 Å². The Kier molecular flexibility index (Phi) is 6.65. The largest absolute Gasteiger partial charge is 0.415 e. The molecule has 0 bridgehead atoms. The Morgan fingerprint density at radius 1 is 0.773 bits per heavy atom. The third-order valence-electron chi connectivity index (χ3n) is 2.95. The highest BCUT2D eigenvalue weighted by Gasteiger charge is 2.48. The van der Waals surface area contributed by atoms with Crippen LogP contribution in [0.1, 0.15) is 0 Å². The molecule has 1 N–H and O–H groups in total. The Labute approximate surface area is 138 Å². The minimum absolute atomic E-state index is 0.259. The summed E-state index contributed by atoms with van der Waals surface area (Å²) in [7, 11) is -5.23. The number of aliphatic hydroxyl groups is 1. The summed E-state index contributed by atoms with van der Waals surface area (Å²) in [6.07, 6.45) is -1.89. The molecule has 0 radical (unpaired) electrons. The summed E-state index contributed by atoms with van der Waals surface area (Å²) in [5.41, 5.74) is 0. The number of ether oxygens (including phenoxy) is 1. The topological polar surface area (TPSA) is 57.2 Å². The fraction of sp³-hybridized carbons (Fsp3) is 1.00. The molecular formula is C14H34O5Si3. The number of hydrogen-bond donors (Lipinski definition) is 1. The zero-order valence-electron chi connectivity index (χ0n) is 15.6. The number of hydrogen-bond acceptors (Lipinski definition) is 5. The van der Waals surface area contributed by atoms with Crippen molar-refractivity contribution in [3.8, 4) is 0 Å². The van der Waals surface area contributed by atoms with Crippen LogP contribution in [0.15, 0.2) is 0 Å². The average molecular weight is 367 g/mol. The Hall–Kier alpha value is 0.451. The molecule has 8 heteroatoms. The third-order valence-corrected chi connectivity index (χ3v) is 5.94. The second kappa shape index (κ2) is 7.14. The summed E-state index contributed by atoms with van der Waals surface area (Å²) in [4.78, 5) is 0. The van der Waals surface area contributed by atoms with Gasteiger partial charge in [0.15, 0.2) is 31.2 Å². The van der Waals surface area contributed by atoms with Gasteiger partial charge in [0.25, 0.3) is 0 Å². The monoisotopic (exact) mass is 366 g/mol. The first kappa shape index (κ1) is 20.5. The Morgan fingerprint density at radius 3 is 1.64 bits per heavy atom. The number of aliphatic hydroxyl groups excluding tert-OH is 1. The van der Waals surface area contributed by atoms with E-state index in [1.165, 1.54) is 0 Å². The molecule has 0 aromatic carbocycles. The SMILES string of the molecule is C[Si](C)(C)OCC1OC(O)C(O[Si](C)(C)C)C1O[Si](C)(C)C. The van der Waals surface area contributed by atoms with E-state index in [0.717, 1.165) is 0 Å². The molecule has 1 rings (SSSR count). The van der Waals surface area contributed by atoms with Crippen LogP contribution in [-0.4, -0.2) is 61.3 Å². The van der Waals surface area contributed by atoms with Crippen LogP contribution >= 0.6 is 0 Å². The van der Waals surface area contributed by atoms with Crippen molar-refractivity contribution < 1.29 is 23.1 Å². The molecule has 1 aliphatic rings. The summed E-state index contributed by atoms with van der Waals surface area (Å²) < 4.78 is 24.1. The van der Waals surface area contributed by atoms with E-state index in [-0.39, 0.29) is 12.2 Å². The molecule has 0 spiro atoms. The smallest absolute Gasteiger partial charge is 0.184 e. The van der Waals surface area contributed by atoms with Gasteiger partial charge in [-0.25, -0.2) is 0 Å². The van der Waals surface area contributed by atoms with E-state index in [0.29, 0.717) is 6.61 Å². The maximum absolute atomic E-state index is 10.3. The molecule has 1 fully saturated rings. The van der Waals surface area contributed by atoms with Crippen LogP contribution in [0.2, 0.25) is 58.9 Å². The summed E-state index contributed by atoms with van der Waals surface area (Å²) >= 11 is 0. The molecule has 22 heavy (non-hydrogen) atoms. The highest BCUT2D eigenvalue weighted by atomic mass is 28.4. The minimum atomic E-state index is -1.81. The fourth-order valence-electron chi connectivity index (χ4n) is 2.26. The minimum Gasteiger partial charge on any atom is -0.415 e. The Morgan fingerprint density at radius 2 is 1.23 bits per heavy atom. The molecule has 0 amide bonds. The van der Waals surface area contributed by atoms with Crippen LogP contribution in [0, 0.1) is 0 Å². The predicted molar refractivity (Wildman–Crippen MR) is 96.6 cm³/mol. The predicted octanol–water partition coefficient (Wildman–Crippen LogP) is 3.00. The second-order valence-corrected chi connectivity index (χ2v) is 22.3. The molecule has 0 aromatic heterocycles. The van der Waals surface area contributed by atoms with Gasteiger partial charge in [-0.3, -0.25) is 0 Å². The molecule has 1 aliphatic heterocycles. The van der Waals surface area contributed by atoms with Crippen molar-refractivity contribution in [3.63, 3.8) is 0 Å². The zero-order chi connectivity index (χ0) is 17.3. The van der Waals surface area contributed by atoms with Crippen LogP contribution in [0.5, 0.6) is 0 Å². The van der Waals surface area contributed by atoms with Gasteiger partial charge in [0, 0.05) is 0 Å². The molecule has 1 heterocycles. The molecule has 0 saturated carbocycles. The van der Waals surface area contributed by atoms with Crippen molar-refractivity contribution >= 4 is 25.0 Å². The lowest BCUT2D eigenvalue weighted by Crippen LogP contribution is -2.49.